The van der Waals surface area contributed by atoms with Crippen LogP contribution in [0.1, 0.15) is 64.2 Å². The number of fused-ring (bicyclic) bond motifs is 1. The first-order valence-electron chi connectivity index (χ1n) is 14.3. The average Bonchev–Trinajstić information content (AvgIpc) is 3.52. The molecule has 0 bridgehead atoms. The standard InChI is InChI=1S/C31H43N7O2/c1-20-15-21(2)33-31(40)28(20)18-32-30(39)27-17-25-16-26(38-12-8-11-35(38)7)19-37(25)29(22(27)3)23(4)36-13-9-24(10-14-36)34(5)6/h8,11,15-17,19,23-24H,9-10,12-14,18H2,1-7H3,(H,32,39)(H,33,40). The van der Waals surface area contributed by atoms with Gasteiger partial charge in [0.25, 0.3) is 11.5 Å². The highest BCUT2D eigenvalue weighted by atomic mass is 16.1. The molecule has 5 rings (SSSR count). The zero-order valence-electron chi connectivity index (χ0n) is 24.9. The van der Waals surface area contributed by atoms with Gasteiger partial charge in [-0.25, -0.2) is 0 Å². The van der Waals surface area contributed by atoms with Crippen molar-refractivity contribution in [2.24, 2.45) is 0 Å². The lowest BCUT2D eigenvalue weighted by Crippen LogP contribution is -2.43. The van der Waals surface area contributed by atoms with Crippen molar-refractivity contribution in [2.75, 3.05) is 45.8 Å². The Morgan fingerprint density at radius 3 is 2.50 bits per heavy atom. The predicted octanol–water partition coefficient (Wildman–Crippen LogP) is 3.75. The summed E-state index contributed by atoms with van der Waals surface area (Å²) in [5.41, 5.74) is 6.96. The highest BCUT2D eigenvalue weighted by Gasteiger charge is 2.29. The maximum atomic E-state index is 13.7. The van der Waals surface area contributed by atoms with Gasteiger partial charge in [-0.15, -0.1) is 0 Å². The first kappa shape index (κ1) is 28.0. The van der Waals surface area contributed by atoms with E-state index in [9.17, 15) is 9.59 Å². The summed E-state index contributed by atoms with van der Waals surface area (Å²) in [5, 5.41) is 7.34. The summed E-state index contributed by atoms with van der Waals surface area (Å²) in [6.07, 6.45) is 8.66. The molecule has 0 saturated carbocycles. The Hall–Kier alpha value is -3.56. The van der Waals surface area contributed by atoms with Gasteiger partial charge in [0.05, 0.1) is 12.2 Å². The molecule has 0 aliphatic carbocycles. The van der Waals surface area contributed by atoms with Gasteiger partial charge in [-0.05, 0) is 90.0 Å². The zero-order chi connectivity index (χ0) is 28.7. The molecule has 3 aromatic rings. The average molecular weight is 546 g/mol. The van der Waals surface area contributed by atoms with Crippen LogP contribution in [0.4, 0.5) is 5.69 Å². The molecule has 0 radical (unpaired) electrons. The van der Waals surface area contributed by atoms with Crippen LogP contribution in [-0.4, -0.2) is 76.9 Å². The number of piperidine rings is 1. The van der Waals surface area contributed by atoms with Crippen LogP contribution in [0.5, 0.6) is 0 Å². The van der Waals surface area contributed by atoms with Crippen LogP contribution in [0, 0.1) is 20.8 Å². The largest absolute Gasteiger partial charge is 0.348 e. The van der Waals surface area contributed by atoms with E-state index in [1.165, 1.54) is 0 Å². The first-order chi connectivity index (χ1) is 19.0. The van der Waals surface area contributed by atoms with E-state index in [1.54, 1.807) is 0 Å². The van der Waals surface area contributed by atoms with Crippen LogP contribution in [0.3, 0.4) is 0 Å². The van der Waals surface area contributed by atoms with Crippen molar-refractivity contribution in [1.29, 1.82) is 0 Å². The molecule has 9 nitrogen and oxygen atoms in total. The second-order valence-corrected chi connectivity index (χ2v) is 11.6. The molecule has 1 fully saturated rings. The van der Waals surface area contributed by atoms with Crippen molar-refractivity contribution >= 4 is 17.1 Å². The van der Waals surface area contributed by atoms with Gasteiger partial charge >= 0.3 is 0 Å². The fourth-order valence-corrected chi connectivity index (χ4v) is 6.38. The van der Waals surface area contributed by atoms with Crippen molar-refractivity contribution in [2.45, 2.75) is 59.2 Å². The van der Waals surface area contributed by atoms with Crippen LogP contribution in [0.15, 0.2) is 41.5 Å². The Kier molecular flexibility index (Phi) is 7.79. The monoisotopic (exact) mass is 545 g/mol. The lowest BCUT2D eigenvalue weighted by molar-refractivity contribution is 0.0948. The molecule has 5 heterocycles. The van der Waals surface area contributed by atoms with Gasteiger partial charge in [0.1, 0.15) is 0 Å². The number of rotatable bonds is 7. The number of hydrazine groups is 1. The zero-order valence-corrected chi connectivity index (χ0v) is 24.9. The molecule has 214 valence electrons. The summed E-state index contributed by atoms with van der Waals surface area (Å²) in [7, 11) is 6.37. The normalized spacial score (nSPS) is 17.4. The van der Waals surface area contributed by atoms with Crippen molar-refractivity contribution in [3.8, 4) is 0 Å². The summed E-state index contributed by atoms with van der Waals surface area (Å²) in [6.45, 7) is 11.1. The molecule has 1 saturated heterocycles. The number of aromatic nitrogens is 2. The third-order valence-corrected chi connectivity index (χ3v) is 8.79. The Bertz CT molecular complexity index is 1490. The fourth-order valence-electron chi connectivity index (χ4n) is 6.38. The van der Waals surface area contributed by atoms with Gasteiger partial charge in [0.15, 0.2) is 0 Å². The van der Waals surface area contributed by atoms with Crippen molar-refractivity contribution in [3.63, 3.8) is 0 Å². The second kappa shape index (κ2) is 11.1. The fraction of sp³-hybridized carbons (Fsp3) is 0.484. The number of likely N-dealkylation sites (tertiary alicyclic amines) is 1. The maximum Gasteiger partial charge on any atom is 0.253 e. The van der Waals surface area contributed by atoms with Gasteiger partial charge in [-0.3, -0.25) is 24.5 Å². The molecule has 40 heavy (non-hydrogen) atoms. The third kappa shape index (κ3) is 5.28. The first-order valence-corrected chi connectivity index (χ1v) is 14.3. The molecular formula is C31H43N7O2. The van der Waals surface area contributed by atoms with E-state index in [0.717, 1.165) is 66.2 Å². The van der Waals surface area contributed by atoms with Crippen LogP contribution >= 0.6 is 0 Å². The molecule has 0 spiro atoms. The smallest absolute Gasteiger partial charge is 0.253 e. The van der Waals surface area contributed by atoms with Gasteiger partial charge in [-0.1, -0.05) is 0 Å². The quantitative estimate of drug-likeness (QED) is 0.471. The molecule has 2 aliphatic rings. The Labute approximate surface area is 237 Å². The summed E-state index contributed by atoms with van der Waals surface area (Å²) < 4.78 is 2.27. The van der Waals surface area contributed by atoms with Gasteiger partial charge in [-0.2, -0.15) is 0 Å². The van der Waals surface area contributed by atoms with E-state index < -0.39 is 0 Å². The number of amides is 1. The lowest BCUT2D eigenvalue weighted by atomic mass is 9.97. The van der Waals surface area contributed by atoms with E-state index in [2.05, 4.69) is 87.0 Å². The summed E-state index contributed by atoms with van der Waals surface area (Å²) >= 11 is 0. The van der Waals surface area contributed by atoms with Crippen molar-refractivity contribution < 1.29 is 4.79 Å². The number of nitrogens with one attached hydrogen (secondary N) is 2. The van der Waals surface area contributed by atoms with Crippen molar-refractivity contribution in [1.82, 2.24) is 29.5 Å². The third-order valence-electron chi connectivity index (χ3n) is 8.79. The number of carbonyl (C=O) groups is 1. The molecule has 1 amide bonds. The van der Waals surface area contributed by atoms with E-state index in [4.69, 9.17) is 0 Å². The highest BCUT2D eigenvalue weighted by Crippen LogP contribution is 2.33. The van der Waals surface area contributed by atoms with Gasteiger partial charge < -0.3 is 19.6 Å². The Morgan fingerprint density at radius 1 is 1.15 bits per heavy atom. The minimum atomic E-state index is -0.165. The summed E-state index contributed by atoms with van der Waals surface area (Å²) in [4.78, 5) is 34.0. The minimum absolute atomic E-state index is 0.134. The Balaban J connectivity index is 1.50. The summed E-state index contributed by atoms with van der Waals surface area (Å²) in [6, 6.07) is 6.81. The molecule has 1 atom stereocenters. The van der Waals surface area contributed by atoms with Crippen LogP contribution in [0.25, 0.3) is 5.52 Å². The van der Waals surface area contributed by atoms with E-state index in [1.807, 2.05) is 33.0 Å². The number of aryl methyl sites for hydroxylation is 2. The molecule has 9 heteroatoms. The molecule has 0 aromatic carbocycles. The van der Waals surface area contributed by atoms with Gasteiger partial charge in [0.2, 0.25) is 0 Å². The van der Waals surface area contributed by atoms with E-state index in [0.29, 0.717) is 17.2 Å². The molecular weight excluding hydrogens is 502 g/mol. The number of carbonyl (C=O) groups excluding carboxylic acids is 1. The molecule has 1 unspecified atom stereocenters. The Morgan fingerprint density at radius 2 is 1.88 bits per heavy atom. The molecule has 2 N–H and O–H groups in total. The van der Waals surface area contributed by atoms with Gasteiger partial charge in [0, 0.05) is 79.2 Å². The minimum Gasteiger partial charge on any atom is -0.348 e. The number of hydrogen-bond donors (Lipinski definition) is 2. The number of nitrogens with zero attached hydrogens (tertiary/aromatic N) is 5. The van der Waals surface area contributed by atoms with Crippen LogP contribution < -0.4 is 15.9 Å². The topological polar surface area (TPSA) is 79.3 Å². The second-order valence-electron chi connectivity index (χ2n) is 11.6. The summed E-state index contributed by atoms with van der Waals surface area (Å²) in [5.74, 6) is -0.165. The predicted molar refractivity (Wildman–Crippen MR) is 161 cm³/mol. The highest BCUT2D eigenvalue weighted by molar-refractivity contribution is 5.97. The van der Waals surface area contributed by atoms with E-state index in [-0.39, 0.29) is 24.1 Å². The van der Waals surface area contributed by atoms with Crippen LogP contribution in [-0.2, 0) is 6.54 Å². The number of aromatic amines is 1. The van der Waals surface area contributed by atoms with Crippen molar-refractivity contribution in [3.05, 3.63) is 80.7 Å². The molecule has 2 aliphatic heterocycles. The lowest BCUT2D eigenvalue weighted by Gasteiger charge is -2.39. The number of anilines is 1. The van der Waals surface area contributed by atoms with E-state index >= 15 is 0 Å². The number of pyridine rings is 2. The molecule has 3 aromatic heterocycles. The number of H-pyrrole nitrogens is 1. The maximum absolute atomic E-state index is 13.7. The number of hydrogen-bond acceptors (Lipinski definition) is 6. The van der Waals surface area contributed by atoms with Crippen LogP contribution in [0.2, 0.25) is 0 Å². The SMILES string of the molecule is Cc1cc(C)c(CNC(=O)c2cc3cc(N4CC=CN4C)cn3c(C(C)N3CCC(N(C)C)CC3)c2C)c(=O)[nH]1.